The summed E-state index contributed by atoms with van der Waals surface area (Å²) in [5.74, 6) is -1.45. The number of hydrogen-bond acceptors (Lipinski definition) is 7. The number of aromatic nitrogens is 2. The molecule has 0 saturated carbocycles. The number of hydrogen-bond donors (Lipinski definition) is 1. The van der Waals surface area contributed by atoms with Gasteiger partial charge < -0.3 is 14.8 Å². The van der Waals surface area contributed by atoms with Crippen molar-refractivity contribution in [3.05, 3.63) is 81.1 Å². The van der Waals surface area contributed by atoms with Gasteiger partial charge in [0.05, 0.1) is 35.9 Å². The first-order valence-electron chi connectivity index (χ1n) is 10.5. The normalized spacial score (nSPS) is 11.4. The maximum Gasteiger partial charge on any atom is 0.417 e. The summed E-state index contributed by atoms with van der Waals surface area (Å²) in [5.41, 5.74) is -2.36. The van der Waals surface area contributed by atoms with Gasteiger partial charge in [-0.1, -0.05) is 18.2 Å². The number of nitrogens with one attached hydrogen (secondary N) is 1. The Labute approximate surface area is 205 Å². The molecule has 4 rings (SSSR count). The van der Waals surface area contributed by atoms with E-state index in [1.54, 1.807) is 25.1 Å². The molecule has 1 N–H and O–H groups in total. The Morgan fingerprint density at radius 2 is 1.89 bits per heavy atom. The fraction of sp³-hybridized carbons (Fsp3) is 0.167. The van der Waals surface area contributed by atoms with Crippen LogP contribution in [0.25, 0.3) is 16.5 Å². The molecule has 0 fully saturated rings. The Kier molecular flexibility index (Phi) is 6.80. The maximum atomic E-state index is 13.5. The highest BCUT2D eigenvalue weighted by molar-refractivity contribution is 7.16. The van der Waals surface area contributed by atoms with Crippen molar-refractivity contribution >= 4 is 39.0 Å². The van der Waals surface area contributed by atoms with Crippen LogP contribution < -0.4 is 15.6 Å². The molecular formula is C24H18F3N3O5S. The van der Waals surface area contributed by atoms with Crippen molar-refractivity contribution in [1.82, 2.24) is 9.78 Å². The number of thiophene rings is 1. The Hall–Kier alpha value is -4.19. The van der Waals surface area contributed by atoms with Gasteiger partial charge in [-0.3, -0.25) is 9.59 Å². The summed E-state index contributed by atoms with van der Waals surface area (Å²) in [4.78, 5) is 39.0. The Morgan fingerprint density at radius 3 is 2.58 bits per heavy atom. The Bertz CT molecular complexity index is 1530. The molecule has 0 bridgehead atoms. The number of carbonyl (C=O) groups is 2. The van der Waals surface area contributed by atoms with Crippen LogP contribution in [0, 0.1) is 0 Å². The van der Waals surface area contributed by atoms with Gasteiger partial charge in [-0.2, -0.15) is 23.0 Å². The number of nitrogens with zero attached hydrogens (tertiary/aromatic N) is 2. The van der Waals surface area contributed by atoms with Crippen LogP contribution in [0.1, 0.15) is 33.3 Å². The lowest BCUT2D eigenvalue weighted by Gasteiger charge is -2.13. The minimum Gasteiger partial charge on any atom is -0.497 e. The first kappa shape index (κ1) is 24.9. The molecule has 0 atom stereocenters. The molecule has 0 radical (unpaired) electrons. The summed E-state index contributed by atoms with van der Waals surface area (Å²) in [6, 6.07) is 10.6. The van der Waals surface area contributed by atoms with Crippen LogP contribution in [0.15, 0.2) is 58.7 Å². The van der Waals surface area contributed by atoms with E-state index >= 15 is 0 Å². The molecule has 8 nitrogen and oxygen atoms in total. The lowest BCUT2D eigenvalue weighted by atomic mass is 10.1. The molecule has 2 aromatic carbocycles. The molecule has 0 aliphatic heterocycles. The van der Waals surface area contributed by atoms with Gasteiger partial charge in [0.2, 0.25) is 0 Å². The van der Waals surface area contributed by atoms with Gasteiger partial charge in [-0.25, -0.2) is 4.79 Å². The van der Waals surface area contributed by atoms with Crippen molar-refractivity contribution in [2.75, 3.05) is 19.0 Å². The average molecular weight is 517 g/mol. The highest BCUT2D eigenvalue weighted by atomic mass is 32.1. The summed E-state index contributed by atoms with van der Waals surface area (Å²) in [6.45, 7) is 1.65. The molecule has 2 heterocycles. The number of fused-ring (bicyclic) bond motifs is 1. The van der Waals surface area contributed by atoms with E-state index in [2.05, 4.69) is 10.4 Å². The predicted molar refractivity (Wildman–Crippen MR) is 127 cm³/mol. The SMILES string of the molecule is CCOC(=O)c1nn(-c2cccc(OC)c2)c(=O)c2c(NC(=O)c3ccccc3C(F)(F)F)scc12. The van der Waals surface area contributed by atoms with Crippen LogP contribution in [0.4, 0.5) is 18.2 Å². The minimum atomic E-state index is -4.76. The van der Waals surface area contributed by atoms with Gasteiger partial charge in [0, 0.05) is 16.8 Å². The van der Waals surface area contributed by atoms with E-state index in [4.69, 9.17) is 9.47 Å². The van der Waals surface area contributed by atoms with Crippen LogP contribution in [0.2, 0.25) is 0 Å². The number of carbonyl (C=O) groups excluding carboxylic acids is 2. The molecule has 0 unspecified atom stereocenters. The van der Waals surface area contributed by atoms with E-state index < -0.39 is 34.7 Å². The molecule has 4 aromatic rings. The largest absolute Gasteiger partial charge is 0.497 e. The van der Waals surface area contributed by atoms with Gasteiger partial charge in [0.15, 0.2) is 5.69 Å². The Balaban J connectivity index is 1.89. The van der Waals surface area contributed by atoms with Gasteiger partial charge in [-0.05, 0) is 31.2 Å². The van der Waals surface area contributed by atoms with Crippen molar-refractivity contribution in [3.8, 4) is 11.4 Å². The van der Waals surface area contributed by atoms with Crippen LogP contribution in [-0.2, 0) is 10.9 Å². The number of rotatable bonds is 6. The summed E-state index contributed by atoms with van der Waals surface area (Å²) >= 11 is 0.876. The lowest BCUT2D eigenvalue weighted by Crippen LogP contribution is -2.26. The zero-order valence-electron chi connectivity index (χ0n) is 18.9. The second-order valence-electron chi connectivity index (χ2n) is 7.34. The number of halogens is 3. The number of esters is 1. The molecule has 12 heteroatoms. The smallest absolute Gasteiger partial charge is 0.417 e. The minimum absolute atomic E-state index is 0.0402. The van der Waals surface area contributed by atoms with Crippen LogP contribution in [-0.4, -0.2) is 35.4 Å². The quantitative estimate of drug-likeness (QED) is 0.365. The predicted octanol–water partition coefficient (Wildman–Crippen LogP) is 4.90. The average Bonchev–Trinajstić information content (AvgIpc) is 3.28. The van der Waals surface area contributed by atoms with Crippen LogP contribution in [0.5, 0.6) is 5.75 Å². The number of benzene rings is 2. The monoisotopic (exact) mass is 517 g/mol. The first-order valence-corrected chi connectivity index (χ1v) is 11.4. The van der Waals surface area contributed by atoms with E-state index in [0.717, 1.165) is 28.2 Å². The number of anilines is 1. The van der Waals surface area contributed by atoms with Crippen molar-refractivity contribution < 1.29 is 32.2 Å². The van der Waals surface area contributed by atoms with E-state index in [-0.39, 0.29) is 33.8 Å². The summed E-state index contributed by atoms with van der Waals surface area (Å²) < 4.78 is 51.5. The van der Waals surface area contributed by atoms with Gasteiger partial charge >= 0.3 is 12.1 Å². The van der Waals surface area contributed by atoms with Gasteiger partial charge in [0.25, 0.3) is 11.5 Å². The molecule has 0 aliphatic rings. The van der Waals surface area contributed by atoms with Gasteiger partial charge in [0.1, 0.15) is 10.8 Å². The van der Waals surface area contributed by atoms with Crippen molar-refractivity contribution in [2.45, 2.75) is 13.1 Å². The molecule has 36 heavy (non-hydrogen) atoms. The third kappa shape index (κ3) is 4.67. The first-order chi connectivity index (χ1) is 17.2. The zero-order chi connectivity index (χ0) is 26.0. The number of alkyl halides is 3. The number of amides is 1. The Morgan fingerprint density at radius 1 is 1.14 bits per heavy atom. The number of ether oxygens (including phenoxy) is 2. The van der Waals surface area contributed by atoms with Crippen molar-refractivity contribution in [3.63, 3.8) is 0 Å². The van der Waals surface area contributed by atoms with Crippen molar-refractivity contribution in [2.24, 2.45) is 0 Å². The third-order valence-corrected chi connectivity index (χ3v) is 6.02. The molecular weight excluding hydrogens is 499 g/mol. The molecule has 2 aromatic heterocycles. The van der Waals surface area contributed by atoms with E-state index in [0.29, 0.717) is 5.75 Å². The third-order valence-electron chi connectivity index (χ3n) is 5.12. The second-order valence-corrected chi connectivity index (χ2v) is 8.22. The fourth-order valence-electron chi connectivity index (χ4n) is 3.51. The lowest BCUT2D eigenvalue weighted by molar-refractivity contribution is -0.137. The molecule has 0 spiro atoms. The highest BCUT2D eigenvalue weighted by Crippen LogP contribution is 2.34. The van der Waals surface area contributed by atoms with Crippen molar-refractivity contribution in [1.29, 1.82) is 0 Å². The molecule has 0 saturated heterocycles. The highest BCUT2D eigenvalue weighted by Gasteiger charge is 2.35. The van der Waals surface area contributed by atoms with Gasteiger partial charge in [-0.15, -0.1) is 11.3 Å². The van der Waals surface area contributed by atoms with E-state index in [1.165, 1.54) is 30.7 Å². The van der Waals surface area contributed by atoms with E-state index in [9.17, 15) is 27.6 Å². The summed E-state index contributed by atoms with van der Waals surface area (Å²) in [6.07, 6.45) is -4.76. The molecule has 186 valence electrons. The second kappa shape index (κ2) is 9.82. The molecule has 0 aliphatic carbocycles. The number of methoxy groups -OCH3 is 1. The van der Waals surface area contributed by atoms with Crippen LogP contribution >= 0.6 is 11.3 Å². The standard InChI is InChI=1S/C24H18F3N3O5S/c1-3-35-23(33)19-16-12-36-21(28-20(31)15-9-4-5-10-17(15)24(25,26)27)18(16)22(32)30(29-19)13-7-6-8-14(11-13)34-2/h4-12H,3H2,1-2H3,(H,28,31). The fourth-order valence-corrected chi connectivity index (χ4v) is 4.44. The zero-order valence-corrected chi connectivity index (χ0v) is 19.7. The van der Waals surface area contributed by atoms with Crippen LogP contribution in [0.3, 0.4) is 0 Å². The topological polar surface area (TPSA) is 99.5 Å². The van der Waals surface area contributed by atoms with E-state index in [1.807, 2.05) is 0 Å². The summed E-state index contributed by atoms with van der Waals surface area (Å²) in [5, 5.41) is 7.95. The summed E-state index contributed by atoms with van der Waals surface area (Å²) in [7, 11) is 1.44. The maximum absolute atomic E-state index is 13.5. The molecule has 1 amide bonds.